The number of aromatic nitrogens is 1. The van der Waals surface area contributed by atoms with Crippen LogP contribution in [-0.4, -0.2) is 42.2 Å². The van der Waals surface area contributed by atoms with Crippen molar-refractivity contribution in [2.45, 2.75) is 19.4 Å². The van der Waals surface area contributed by atoms with Crippen LogP contribution in [0, 0.1) is 6.57 Å². The molecule has 162 valence electrons. The molecule has 32 heavy (non-hydrogen) atoms. The average molecular weight is 428 g/mol. The number of carbonyl (C=O) groups is 1. The first-order chi connectivity index (χ1) is 15.6. The molecule has 7 nitrogen and oxygen atoms in total. The van der Waals surface area contributed by atoms with Crippen LogP contribution in [0.3, 0.4) is 0 Å². The molecule has 1 aromatic heterocycles. The summed E-state index contributed by atoms with van der Waals surface area (Å²) < 4.78 is 11.1. The maximum Gasteiger partial charge on any atom is 0.409 e. The number of hydrogen-bond acceptors (Lipinski definition) is 5. The van der Waals surface area contributed by atoms with Crippen molar-refractivity contribution in [2.75, 3.05) is 25.1 Å². The largest absolute Gasteiger partial charge is 0.457 e. The maximum absolute atomic E-state index is 11.5. The summed E-state index contributed by atoms with van der Waals surface area (Å²) in [5, 5.41) is 0. The zero-order valence-corrected chi connectivity index (χ0v) is 18.1. The van der Waals surface area contributed by atoms with Crippen LogP contribution in [0.1, 0.15) is 12.5 Å². The third-order valence-electron chi connectivity index (χ3n) is 5.47. The highest BCUT2D eigenvalue weighted by molar-refractivity contribution is 5.73. The van der Waals surface area contributed by atoms with Crippen LogP contribution >= 0.6 is 0 Å². The van der Waals surface area contributed by atoms with Gasteiger partial charge in [0.1, 0.15) is 23.9 Å². The smallest absolute Gasteiger partial charge is 0.409 e. The van der Waals surface area contributed by atoms with E-state index in [0.29, 0.717) is 24.7 Å². The lowest BCUT2D eigenvalue weighted by Gasteiger charge is -2.23. The van der Waals surface area contributed by atoms with E-state index in [2.05, 4.69) is 9.83 Å². The zero-order chi connectivity index (χ0) is 22.5. The number of hydrogen-bond donors (Lipinski definition) is 0. The fourth-order valence-corrected chi connectivity index (χ4v) is 3.66. The van der Waals surface area contributed by atoms with Crippen molar-refractivity contribution >= 4 is 23.3 Å². The van der Waals surface area contributed by atoms with Gasteiger partial charge in [-0.2, -0.15) is 0 Å². The number of cyclic esters (lactones) is 1. The zero-order valence-electron chi connectivity index (χ0n) is 18.1. The van der Waals surface area contributed by atoms with E-state index >= 15 is 0 Å². The molecule has 4 rings (SSSR count). The van der Waals surface area contributed by atoms with Crippen molar-refractivity contribution in [3.8, 4) is 11.5 Å². The van der Waals surface area contributed by atoms with Crippen LogP contribution < -0.4 is 9.64 Å². The number of benzene rings is 2. The van der Waals surface area contributed by atoms with Crippen molar-refractivity contribution in [1.82, 2.24) is 9.88 Å². The molecular weight excluding hydrogens is 404 g/mol. The number of carbonyl (C=O) groups excluding carboxylic acids is 1. The van der Waals surface area contributed by atoms with Crippen molar-refractivity contribution in [1.29, 1.82) is 0 Å². The van der Waals surface area contributed by atoms with E-state index in [4.69, 9.17) is 16.0 Å². The monoisotopic (exact) mass is 428 g/mol. The van der Waals surface area contributed by atoms with Gasteiger partial charge in [0.05, 0.1) is 12.6 Å². The molecule has 2 aromatic carbocycles. The van der Waals surface area contributed by atoms with Gasteiger partial charge in [-0.25, -0.2) is 9.64 Å². The van der Waals surface area contributed by atoms with Gasteiger partial charge < -0.3 is 19.3 Å². The van der Waals surface area contributed by atoms with Gasteiger partial charge in [0.25, 0.3) is 0 Å². The Hall–Kier alpha value is -4.05. The van der Waals surface area contributed by atoms with Crippen molar-refractivity contribution < 1.29 is 14.3 Å². The van der Waals surface area contributed by atoms with E-state index < -0.39 is 0 Å². The normalized spacial score (nSPS) is 15.2. The number of ether oxygens (including phenoxy) is 2. The molecule has 0 unspecified atom stereocenters. The van der Waals surface area contributed by atoms with E-state index in [0.717, 1.165) is 29.2 Å². The molecule has 1 aliphatic heterocycles. The molecule has 0 aliphatic carbocycles. The van der Waals surface area contributed by atoms with Crippen molar-refractivity contribution in [3.05, 3.63) is 83.8 Å². The second kappa shape index (κ2) is 9.40. The minimum Gasteiger partial charge on any atom is -0.457 e. The highest BCUT2D eigenvalue weighted by atomic mass is 16.6. The van der Waals surface area contributed by atoms with Crippen LogP contribution in [0.15, 0.2) is 66.9 Å². The molecule has 1 amide bonds. The summed E-state index contributed by atoms with van der Waals surface area (Å²) >= 11 is 0. The summed E-state index contributed by atoms with van der Waals surface area (Å²) in [5.74, 6) is 2.11. The maximum atomic E-state index is 11.5. The molecule has 1 fully saturated rings. The van der Waals surface area contributed by atoms with Crippen molar-refractivity contribution in [2.24, 2.45) is 0 Å². The van der Waals surface area contributed by atoms with E-state index in [1.165, 1.54) is 0 Å². The van der Waals surface area contributed by atoms with E-state index in [1.807, 2.05) is 60.4 Å². The number of pyridine rings is 1. The van der Waals surface area contributed by atoms with Gasteiger partial charge in [0.2, 0.25) is 5.69 Å². The first-order valence-electron chi connectivity index (χ1n) is 10.5. The standard InChI is InChI=1S/C25H24N4O3/c1-4-29(24-23(26-2)6-5-15-27-24)19-9-13-22(14-10-19)32-21-11-7-18(8-12-21)16-20-17-31-25(30)28(20)3/h5-15,20H,4,16-17H2,1,3H3/t20-/m0/s1. The van der Waals surface area contributed by atoms with Gasteiger partial charge in [0, 0.05) is 25.5 Å². The van der Waals surface area contributed by atoms with Crippen LogP contribution in [0.25, 0.3) is 4.85 Å². The second-order valence-corrected chi connectivity index (χ2v) is 7.49. The Morgan fingerprint density at radius 1 is 1.16 bits per heavy atom. The lowest BCUT2D eigenvalue weighted by Crippen LogP contribution is -2.30. The van der Waals surface area contributed by atoms with Gasteiger partial charge in [-0.15, -0.1) is 0 Å². The number of anilines is 2. The number of amides is 1. The van der Waals surface area contributed by atoms with E-state index in [1.54, 1.807) is 30.3 Å². The summed E-state index contributed by atoms with van der Waals surface area (Å²) in [6.45, 7) is 10.5. The van der Waals surface area contributed by atoms with Crippen molar-refractivity contribution in [3.63, 3.8) is 0 Å². The predicted molar refractivity (Wildman–Crippen MR) is 123 cm³/mol. The number of nitrogens with zero attached hydrogens (tertiary/aromatic N) is 4. The summed E-state index contributed by atoms with van der Waals surface area (Å²) in [4.78, 5) is 23.1. The minimum atomic E-state index is -0.270. The Morgan fingerprint density at radius 2 is 1.84 bits per heavy atom. The number of rotatable bonds is 7. The summed E-state index contributed by atoms with van der Waals surface area (Å²) in [5.41, 5.74) is 2.58. The molecule has 2 heterocycles. The highest BCUT2D eigenvalue weighted by Crippen LogP contribution is 2.33. The predicted octanol–water partition coefficient (Wildman–Crippen LogP) is 5.58. The van der Waals surface area contributed by atoms with Crippen LogP contribution in [0.2, 0.25) is 0 Å². The Morgan fingerprint density at radius 3 is 2.44 bits per heavy atom. The Balaban J connectivity index is 1.42. The molecule has 0 bridgehead atoms. The van der Waals surface area contributed by atoms with Crippen LogP contribution in [0.4, 0.5) is 22.0 Å². The van der Waals surface area contributed by atoms with E-state index in [-0.39, 0.29) is 12.1 Å². The van der Waals surface area contributed by atoms with Crippen LogP contribution in [-0.2, 0) is 11.2 Å². The third kappa shape index (κ3) is 4.49. The Kier molecular flexibility index (Phi) is 6.22. The lowest BCUT2D eigenvalue weighted by atomic mass is 10.1. The number of likely N-dealkylation sites (N-methyl/N-ethyl adjacent to an activating group) is 1. The molecule has 3 aromatic rings. The fraction of sp³-hybridized carbons (Fsp3) is 0.240. The molecule has 0 spiro atoms. The van der Waals surface area contributed by atoms with Gasteiger partial charge >= 0.3 is 6.09 Å². The molecule has 7 heteroatoms. The Labute approximate surface area is 187 Å². The van der Waals surface area contributed by atoms with Gasteiger partial charge in [-0.05, 0) is 55.3 Å². The first-order valence-corrected chi connectivity index (χ1v) is 10.5. The van der Waals surface area contributed by atoms with E-state index in [9.17, 15) is 4.79 Å². The fourth-order valence-electron chi connectivity index (χ4n) is 3.66. The molecule has 1 atom stereocenters. The highest BCUT2D eigenvalue weighted by Gasteiger charge is 2.29. The van der Waals surface area contributed by atoms with Gasteiger partial charge in [-0.3, -0.25) is 4.98 Å². The molecule has 0 N–H and O–H groups in total. The topological polar surface area (TPSA) is 59.3 Å². The average Bonchev–Trinajstić information content (AvgIpc) is 3.14. The summed E-state index contributed by atoms with van der Waals surface area (Å²) in [6, 6.07) is 19.2. The summed E-state index contributed by atoms with van der Waals surface area (Å²) in [7, 11) is 1.76. The molecule has 0 radical (unpaired) electrons. The third-order valence-corrected chi connectivity index (χ3v) is 5.47. The second-order valence-electron chi connectivity index (χ2n) is 7.49. The summed E-state index contributed by atoms with van der Waals surface area (Å²) in [6.07, 6.45) is 2.17. The van der Waals surface area contributed by atoms with Crippen LogP contribution in [0.5, 0.6) is 11.5 Å². The van der Waals surface area contributed by atoms with Gasteiger partial charge in [-0.1, -0.05) is 24.3 Å². The molecule has 1 aliphatic rings. The quantitative estimate of drug-likeness (QED) is 0.460. The minimum absolute atomic E-state index is 0.0609. The lowest BCUT2D eigenvalue weighted by molar-refractivity contribution is 0.163. The Bertz CT molecular complexity index is 1120. The molecule has 0 saturated carbocycles. The van der Waals surface area contributed by atoms with Gasteiger partial charge in [0.15, 0.2) is 0 Å². The SMILES string of the molecule is [C-]#[N+]c1cccnc1N(CC)c1ccc(Oc2ccc(C[C@H]3COC(=O)N3C)cc2)cc1. The molecule has 1 saturated heterocycles. The molecular formula is C25H24N4O3. The first kappa shape index (κ1) is 21.2.